The van der Waals surface area contributed by atoms with E-state index in [1.807, 2.05) is 25.1 Å². The Kier molecular flexibility index (Phi) is 3.20. The highest BCUT2D eigenvalue weighted by molar-refractivity contribution is 6.02. The van der Waals surface area contributed by atoms with E-state index in [1.54, 1.807) is 11.0 Å². The number of aromatic hydroxyl groups is 2. The normalized spacial score (nSPS) is 14.9. The molecule has 2 N–H and O–H groups in total. The summed E-state index contributed by atoms with van der Waals surface area (Å²) in [7, 11) is 0. The second-order valence-corrected chi connectivity index (χ2v) is 6.18. The highest BCUT2D eigenvalue weighted by atomic mass is 16.3. The van der Waals surface area contributed by atoms with Crippen LogP contribution in [0.4, 0.5) is 0 Å². The number of hydrogen-bond donors (Lipinski definition) is 2. The molecule has 1 aliphatic rings. The molecule has 0 unspecified atom stereocenters. The molecule has 0 aliphatic carbocycles. The van der Waals surface area contributed by atoms with Gasteiger partial charge in [0, 0.05) is 6.54 Å². The van der Waals surface area contributed by atoms with E-state index in [4.69, 9.17) is 0 Å². The predicted molar refractivity (Wildman–Crippen MR) is 92.0 cm³/mol. The molecule has 0 radical (unpaired) electrons. The number of amides is 1. The smallest absolute Gasteiger partial charge is 0.258 e. The van der Waals surface area contributed by atoms with Crippen LogP contribution in [0.15, 0.2) is 54.6 Å². The van der Waals surface area contributed by atoms with E-state index >= 15 is 0 Å². The molecule has 24 heavy (non-hydrogen) atoms. The topological polar surface area (TPSA) is 60.8 Å². The van der Waals surface area contributed by atoms with Gasteiger partial charge in [0.2, 0.25) is 0 Å². The molecule has 0 aromatic heterocycles. The molecule has 1 atom stereocenters. The standard InChI is InChI=1S/C20H17NO3/c1-12(14-7-6-13-4-2-3-5-15(13)10-14)21-11-16-8-9-17(22)19(23)18(16)20(21)24/h2-10,12,22-23H,11H2,1H3/t12-/m1/s1. The molecule has 3 aromatic carbocycles. The van der Waals surface area contributed by atoms with Crippen LogP contribution in [0.25, 0.3) is 10.8 Å². The van der Waals surface area contributed by atoms with E-state index in [1.165, 1.54) is 6.07 Å². The van der Waals surface area contributed by atoms with Crippen molar-refractivity contribution in [3.63, 3.8) is 0 Å². The zero-order valence-corrected chi connectivity index (χ0v) is 13.2. The molecule has 4 heteroatoms. The molecule has 1 heterocycles. The van der Waals surface area contributed by atoms with E-state index in [0.29, 0.717) is 6.54 Å². The van der Waals surface area contributed by atoms with Crippen molar-refractivity contribution >= 4 is 16.7 Å². The first-order valence-corrected chi connectivity index (χ1v) is 7.90. The number of phenolic OH excluding ortho intramolecular Hbond substituents is 2. The van der Waals surface area contributed by atoms with Crippen molar-refractivity contribution in [1.29, 1.82) is 0 Å². The molecular weight excluding hydrogens is 302 g/mol. The van der Waals surface area contributed by atoms with Gasteiger partial charge in [0.05, 0.1) is 11.6 Å². The summed E-state index contributed by atoms with van der Waals surface area (Å²) in [5, 5.41) is 21.9. The van der Waals surface area contributed by atoms with Gasteiger partial charge in [-0.1, -0.05) is 42.5 Å². The third kappa shape index (κ3) is 2.11. The van der Waals surface area contributed by atoms with Crippen LogP contribution in [0.3, 0.4) is 0 Å². The molecule has 1 aliphatic heterocycles. The molecule has 4 nitrogen and oxygen atoms in total. The Morgan fingerprint density at radius 3 is 2.54 bits per heavy atom. The second-order valence-electron chi connectivity index (χ2n) is 6.18. The van der Waals surface area contributed by atoms with E-state index in [-0.39, 0.29) is 29.0 Å². The number of carbonyl (C=O) groups excluding carboxylic acids is 1. The van der Waals surface area contributed by atoms with Crippen molar-refractivity contribution in [2.24, 2.45) is 0 Å². The lowest BCUT2D eigenvalue weighted by Crippen LogP contribution is -2.27. The number of phenols is 2. The highest BCUT2D eigenvalue weighted by Gasteiger charge is 2.34. The Morgan fingerprint density at radius 1 is 1.00 bits per heavy atom. The molecule has 0 saturated heterocycles. The van der Waals surface area contributed by atoms with Crippen LogP contribution in [0.1, 0.15) is 34.5 Å². The van der Waals surface area contributed by atoms with Gasteiger partial charge in [-0.15, -0.1) is 0 Å². The van der Waals surface area contributed by atoms with Gasteiger partial charge in [0.1, 0.15) is 0 Å². The Hall–Kier alpha value is -3.01. The summed E-state index contributed by atoms with van der Waals surface area (Å²) in [6.07, 6.45) is 0. The summed E-state index contributed by atoms with van der Waals surface area (Å²) < 4.78 is 0. The van der Waals surface area contributed by atoms with Crippen LogP contribution < -0.4 is 0 Å². The molecule has 3 aromatic rings. The fourth-order valence-electron chi connectivity index (χ4n) is 3.35. The van der Waals surface area contributed by atoms with Gasteiger partial charge < -0.3 is 15.1 Å². The van der Waals surface area contributed by atoms with Crippen molar-refractivity contribution in [3.05, 3.63) is 71.3 Å². The van der Waals surface area contributed by atoms with Crippen molar-refractivity contribution in [2.45, 2.75) is 19.5 Å². The van der Waals surface area contributed by atoms with Gasteiger partial charge in [-0.05, 0) is 41.0 Å². The van der Waals surface area contributed by atoms with E-state index < -0.39 is 0 Å². The fourth-order valence-corrected chi connectivity index (χ4v) is 3.35. The van der Waals surface area contributed by atoms with E-state index in [9.17, 15) is 15.0 Å². The number of fused-ring (bicyclic) bond motifs is 2. The first-order valence-electron chi connectivity index (χ1n) is 7.90. The Bertz CT molecular complexity index is 964. The van der Waals surface area contributed by atoms with Crippen molar-refractivity contribution in [1.82, 2.24) is 4.90 Å². The van der Waals surface area contributed by atoms with Gasteiger partial charge in [-0.25, -0.2) is 0 Å². The number of benzene rings is 3. The quantitative estimate of drug-likeness (QED) is 0.703. The average molecular weight is 319 g/mol. The summed E-state index contributed by atoms with van der Waals surface area (Å²) in [5.74, 6) is -0.841. The summed E-state index contributed by atoms with van der Waals surface area (Å²) in [5.41, 5.74) is 1.99. The van der Waals surface area contributed by atoms with Gasteiger partial charge >= 0.3 is 0 Å². The SMILES string of the molecule is C[C@H](c1ccc2ccccc2c1)N1Cc2ccc(O)c(O)c2C1=O. The summed E-state index contributed by atoms with van der Waals surface area (Å²) in [6.45, 7) is 2.40. The maximum atomic E-state index is 12.7. The highest BCUT2D eigenvalue weighted by Crippen LogP contribution is 2.39. The van der Waals surface area contributed by atoms with Crippen molar-refractivity contribution < 1.29 is 15.0 Å². The largest absolute Gasteiger partial charge is 0.504 e. The molecular formula is C20H17NO3. The molecule has 4 rings (SSSR count). The van der Waals surface area contributed by atoms with Gasteiger partial charge in [0.25, 0.3) is 5.91 Å². The van der Waals surface area contributed by atoms with Crippen LogP contribution in [0.5, 0.6) is 11.5 Å². The molecule has 0 fully saturated rings. The van der Waals surface area contributed by atoms with Gasteiger partial charge in [-0.2, -0.15) is 0 Å². The van der Waals surface area contributed by atoms with Crippen LogP contribution in [-0.4, -0.2) is 21.0 Å². The van der Waals surface area contributed by atoms with Crippen molar-refractivity contribution in [2.75, 3.05) is 0 Å². The Labute approximate surface area is 139 Å². The lowest BCUT2D eigenvalue weighted by molar-refractivity contribution is 0.0713. The third-order valence-corrected chi connectivity index (χ3v) is 4.78. The minimum absolute atomic E-state index is 0.129. The molecule has 1 amide bonds. The number of rotatable bonds is 2. The molecule has 120 valence electrons. The lowest BCUT2D eigenvalue weighted by Gasteiger charge is -2.25. The maximum absolute atomic E-state index is 12.7. The number of hydrogen-bond acceptors (Lipinski definition) is 3. The van der Waals surface area contributed by atoms with Crippen molar-refractivity contribution in [3.8, 4) is 11.5 Å². The van der Waals surface area contributed by atoms with Gasteiger partial charge in [-0.3, -0.25) is 4.79 Å². The molecule has 0 bridgehead atoms. The third-order valence-electron chi connectivity index (χ3n) is 4.78. The summed E-state index contributed by atoms with van der Waals surface area (Å²) >= 11 is 0. The first kappa shape index (κ1) is 14.6. The molecule has 0 saturated carbocycles. The number of nitrogens with zero attached hydrogens (tertiary/aromatic N) is 1. The lowest BCUT2D eigenvalue weighted by atomic mass is 10.0. The zero-order valence-electron chi connectivity index (χ0n) is 13.2. The zero-order chi connectivity index (χ0) is 16.8. The van der Waals surface area contributed by atoms with Crippen LogP contribution in [0.2, 0.25) is 0 Å². The Balaban J connectivity index is 1.71. The first-order chi connectivity index (χ1) is 11.6. The van der Waals surface area contributed by atoms with Crippen LogP contribution in [-0.2, 0) is 6.54 Å². The monoisotopic (exact) mass is 319 g/mol. The second kappa shape index (κ2) is 5.27. The average Bonchev–Trinajstić information content (AvgIpc) is 2.94. The Morgan fingerprint density at radius 2 is 1.75 bits per heavy atom. The predicted octanol–water partition coefficient (Wildman–Crippen LogP) is 3.97. The van der Waals surface area contributed by atoms with E-state index in [2.05, 4.69) is 24.3 Å². The maximum Gasteiger partial charge on any atom is 0.258 e. The number of carbonyl (C=O) groups is 1. The van der Waals surface area contributed by atoms with E-state index in [0.717, 1.165) is 21.9 Å². The molecule has 0 spiro atoms. The summed E-state index contributed by atoms with van der Waals surface area (Å²) in [6, 6.07) is 17.3. The van der Waals surface area contributed by atoms with Crippen LogP contribution in [0, 0.1) is 0 Å². The fraction of sp³-hybridized carbons (Fsp3) is 0.150. The minimum Gasteiger partial charge on any atom is -0.504 e. The minimum atomic E-state index is -0.328. The van der Waals surface area contributed by atoms with Gasteiger partial charge in [0.15, 0.2) is 11.5 Å². The van der Waals surface area contributed by atoms with Crippen LogP contribution >= 0.6 is 0 Å². The summed E-state index contributed by atoms with van der Waals surface area (Å²) in [4.78, 5) is 14.4.